The Balaban J connectivity index is 1.44. The van der Waals surface area contributed by atoms with Crippen molar-refractivity contribution in [2.24, 2.45) is 0 Å². The highest BCUT2D eigenvalue weighted by Gasteiger charge is 2.19. The summed E-state index contributed by atoms with van der Waals surface area (Å²) in [6.07, 6.45) is 0. The molecule has 0 aliphatic rings. The largest absolute Gasteiger partial charge is 0.455 e. The molecular formula is C26H19ClN2O4S2. The molecule has 1 N–H and O–H groups in total. The van der Waals surface area contributed by atoms with Gasteiger partial charge in [0.25, 0.3) is 10.0 Å². The van der Waals surface area contributed by atoms with E-state index in [9.17, 15) is 13.2 Å². The number of rotatable bonds is 7. The maximum absolute atomic E-state index is 13.2. The normalized spacial score (nSPS) is 11.5. The first-order valence-corrected chi connectivity index (χ1v) is 13.3. The maximum atomic E-state index is 13.2. The summed E-state index contributed by atoms with van der Waals surface area (Å²) in [6, 6.07) is 27.9. The molecule has 4 aromatic carbocycles. The fourth-order valence-electron chi connectivity index (χ4n) is 3.60. The number of benzene rings is 4. The van der Waals surface area contributed by atoms with Gasteiger partial charge in [0.1, 0.15) is 5.75 Å². The number of fused-ring (bicyclic) bond motifs is 1. The van der Waals surface area contributed by atoms with E-state index in [2.05, 4.69) is 4.72 Å². The van der Waals surface area contributed by atoms with Gasteiger partial charge in [0, 0.05) is 5.02 Å². The summed E-state index contributed by atoms with van der Waals surface area (Å²) in [4.78, 5) is 12.5. The Morgan fingerprint density at radius 3 is 2.37 bits per heavy atom. The van der Waals surface area contributed by atoms with Gasteiger partial charge in [0.05, 0.1) is 27.3 Å². The number of aromatic nitrogens is 1. The average Bonchev–Trinajstić information content (AvgIpc) is 3.16. The zero-order valence-electron chi connectivity index (χ0n) is 18.2. The first-order valence-electron chi connectivity index (χ1n) is 10.6. The standard InChI is InChI=1S/C26H19ClN2O4S2/c27-19-12-10-18(11-13-19)17-29-23-15-14-21(16-25(23)34-26(29)30)35(31,32)28-22-8-4-5-9-24(22)33-20-6-2-1-3-7-20/h1-16,28H,17H2. The van der Waals surface area contributed by atoms with E-state index >= 15 is 0 Å². The van der Waals surface area contributed by atoms with Crippen LogP contribution in [0.2, 0.25) is 5.02 Å². The number of anilines is 1. The number of hydrogen-bond acceptors (Lipinski definition) is 5. The van der Waals surface area contributed by atoms with Gasteiger partial charge in [-0.25, -0.2) is 8.42 Å². The van der Waals surface area contributed by atoms with Crippen molar-refractivity contribution in [1.29, 1.82) is 0 Å². The van der Waals surface area contributed by atoms with Gasteiger partial charge in [-0.05, 0) is 60.2 Å². The molecule has 0 unspecified atom stereocenters. The number of ether oxygens (including phenoxy) is 1. The predicted octanol–water partition coefficient (Wildman–Crippen LogP) is 6.36. The molecular weight excluding hydrogens is 504 g/mol. The minimum atomic E-state index is -3.94. The molecule has 5 aromatic rings. The third-order valence-corrected chi connectivity index (χ3v) is 7.86. The Labute approximate surface area is 211 Å². The average molecular weight is 523 g/mol. The quantitative estimate of drug-likeness (QED) is 0.270. The molecule has 0 amide bonds. The number of hydrogen-bond donors (Lipinski definition) is 1. The van der Waals surface area contributed by atoms with Crippen molar-refractivity contribution >= 4 is 48.9 Å². The van der Waals surface area contributed by atoms with E-state index in [-0.39, 0.29) is 9.77 Å². The third-order valence-electron chi connectivity index (χ3n) is 5.31. The smallest absolute Gasteiger partial charge is 0.308 e. The van der Waals surface area contributed by atoms with Gasteiger partial charge in [-0.3, -0.25) is 14.1 Å². The molecule has 176 valence electrons. The predicted molar refractivity (Wildman–Crippen MR) is 140 cm³/mol. The van der Waals surface area contributed by atoms with Crippen molar-refractivity contribution in [3.63, 3.8) is 0 Å². The van der Waals surface area contributed by atoms with Crippen LogP contribution in [0, 0.1) is 0 Å². The lowest BCUT2D eigenvalue weighted by molar-refractivity contribution is 0.485. The monoisotopic (exact) mass is 522 g/mol. The summed E-state index contributed by atoms with van der Waals surface area (Å²) < 4.78 is 37.1. The van der Waals surface area contributed by atoms with Crippen molar-refractivity contribution in [3.8, 4) is 11.5 Å². The van der Waals surface area contributed by atoms with Crippen LogP contribution in [0.4, 0.5) is 5.69 Å². The lowest BCUT2D eigenvalue weighted by Crippen LogP contribution is -2.14. The van der Waals surface area contributed by atoms with E-state index in [1.165, 1.54) is 12.1 Å². The molecule has 0 bridgehead atoms. The Bertz CT molecular complexity index is 1660. The number of para-hydroxylation sites is 3. The van der Waals surface area contributed by atoms with E-state index < -0.39 is 10.0 Å². The number of nitrogens with one attached hydrogen (secondary N) is 1. The van der Waals surface area contributed by atoms with Gasteiger partial charge in [-0.15, -0.1) is 0 Å². The van der Waals surface area contributed by atoms with Crippen molar-refractivity contribution in [2.45, 2.75) is 11.4 Å². The van der Waals surface area contributed by atoms with E-state index in [4.69, 9.17) is 16.3 Å². The highest BCUT2D eigenvalue weighted by molar-refractivity contribution is 7.92. The zero-order chi connectivity index (χ0) is 24.4. The Hall–Kier alpha value is -3.59. The first-order chi connectivity index (χ1) is 16.9. The van der Waals surface area contributed by atoms with E-state index in [0.29, 0.717) is 39.0 Å². The Morgan fingerprint density at radius 2 is 1.60 bits per heavy atom. The molecule has 0 spiro atoms. The number of thiazole rings is 1. The molecule has 35 heavy (non-hydrogen) atoms. The molecule has 0 fully saturated rings. The van der Waals surface area contributed by atoms with Crippen LogP contribution in [0.25, 0.3) is 10.2 Å². The van der Waals surface area contributed by atoms with Crippen LogP contribution in [0.1, 0.15) is 5.56 Å². The number of halogens is 1. The fraction of sp³-hybridized carbons (Fsp3) is 0.0385. The minimum absolute atomic E-state index is 0.0550. The van der Waals surface area contributed by atoms with Gasteiger partial charge in [0.2, 0.25) is 0 Å². The second-order valence-electron chi connectivity index (χ2n) is 7.73. The van der Waals surface area contributed by atoms with Crippen molar-refractivity contribution in [2.75, 3.05) is 4.72 Å². The van der Waals surface area contributed by atoms with Gasteiger partial charge in [0.15, 0.2) is 5.75 Å². The molecule has 1 heterocycles. The lowest BCUT2D eigenvalue weighted by Gasteiger charge is -2.13. The number of nitrogens with zero attached hydrogens (tertiary/aromatic N) is 1. The minimum Gasteiger partial charge on any atom is -0.455 e. The maximum Gasteiger partial charge on any atom is 0.308 e. The molecule has 0 radical (unpaired) electrons. The number of sulfonamides is 1. The summed E-state index contributed by atoms with van der Waals surface area (Å²) in [5.74, 6) is 0.967. The highest BCUT2D eigenvalue weighted by Crippen LogP contribution is 2.31. The van der Waals surface area contributed by atoms with Crippen molar-refractivity contribution < 1.29 is 13.2 Å². The second-order valence-corrected chi connectivity index (χ2v) is 10.8. The molecule has 0 saturated heterocycles. The van der Waals surface area contributed by atoms with Crippen LogP contribution in [0.5, 0.6) is 11.5 Å². The molecule has 5 rings (SSSR count). The SMILES string of the molecule is O=c1sc2cc(S(=O)(=O)Nc3ccccc3Oc3ccccc3)ccc2n1Cc1ccc(Cl)cc1. The topological polar surface area (TPSA) is 77.4 Å². The van der Waals surface area contributed by atoms with Crippen LogP contribution in [-0.4, -0.2) is 13.0 Å². The molecule has 9 heteroatoms. The fourth-order valence-corrected chi connectivity index (χ4v) is 5.82. The van der Waals surface area contributed by atoms with E-state index in [0.717, 1.165) is 16.9 Å². The van der Waals surface area contributed by atoms with E-state index in [1.54, 1.807) is 59.2 Å². The second kappa shape index (κ2) is 9.58. The van der Waals surface area contributed by atoms with E-state index in [1.807, 2.05) is 30.3 Å². The van der Waals surface area contributed by atoms with Crippen LogP contribution in [0.15, 0.2) is 107 Å². The molecule has 0 saturated carbocycles. The summed E-state index contributed by atoms with van der Waals surface area (Å²) in [6.45, 7) is 0.366. The lowest BCUT2D eigenvalue weighted by atomic mass is 10.2. The van der Waals surface area contributed by atoms with Crippen LogP contribution in [0.3, 0.4) is 0 Å². The van der Waals surface area contributed by atoms with Gasteiger partial charge in [-0.1, -0.05) is 65.4 Å². The van der Waals surface area contributed by atoms with Crippen LogP contribution >= 0.6 is 22.9 Å². The summed E-state index contributed by atoms with van der Waals surface area (Å²) in [7, 11) is -3.94. The zero-order valence-corrected chi connectivity index (χ0v) is 20.6. The van der Waals surface area contributed by atoms with Gasteiger partial charge < -0.3 is 4.74 Å². The van der Waals surface area contributed by atoms with Crippen LogP contribution in [-0.2, 0) is 16.6 Å². The highest BCUT2D eigenvalue weighted by atomic mass is 35.5. The van der Waals surface area contributed by atoms with Gasteiger partial charge >= 0.3 is 4.87 Å². The third kappa shape index (κ3) is 5.09. The van der Waals surface area contributed by atoms with Crippen molar-refractivity contribution in [1.82, 2.24) is 4.57 Å². The molecule has 1 aromatic heterocycles. The summed E-state index contributed by atoms with van der Waals surface area (Å²) in [5, 5.41) is 0.620. The molecule has 6 nitrogen and oxygen atoms in total. The summed E-state index contributed by atoms with van der Waals surface area (Å²) in [5.41, 5.74) is 1.90. The van der Waals surface area contributed by atoms with Crippen molar-refractivity contribution in [3.05, 3.63) is 117 Å². The Kier molecular flexibility index (Phi) is 6.34. The molecule has 0 atom stereocenters. The molecule has 0 aliphatic carbocycles. The van der Waals surface area contributed by atoms with Crippen LogP contribution < -0.4 is 14.3 Å². The Morgan fingerprint density at radius 1 is 0.886 bits per heavy atom. The molecule has 0 aliphatic heterocycles. The first kappa shape index (κ1) is 23.2. The summed E-state index contributed by atoms with van der Waals surface area (Å²) >= 11 is 6.96. The van der Waals surface area contributed by atoms with Gasteiger partial charge in [-0.2, -0.15) is 0 Å².